The molecule has 3 heterocycles. The summed E-state index contributed by atoms with van der Waals surface area (Å²) in [5.74, 6) is 0.223. The summed E-state index contributed by atoms with van der Waals surface area (Å²) in [6.07, 6.45) is 2.42. The van der Waals surface area contributed by atoms with Crippen molar-refractivity contribution in [2.24, 2.45) is 12.0 Å². The predicted octanol–water partition coefficient (Wildman–Crippen LogP) is 3.04. The third-order valence-corrected chi connectivity index (χ3v) is 7.49. The van der Waals surface area contributed by atoms with E-state index in [4.69, 9.17) is 14.5 Å². The first-order valence-corrected chi connectivity index (χ1v) is 14.0. The van der Waals surface area contributed by atoms with E-state index in [-0.39, 0.29) is 24.5 Å². The van der Waals surface area contributed by atoms with E-state index >= 15 is 0 Å². The summed E-state index contributed by atoms with van der Waals surface area (Å²) in [6, 6.07) is 9.78. The fraction of sp³-hybridized carbons (Fsp3) is 0.323. The third kappa shape index (κ3) is 5.55. The van der Waals surface area contributed by atoms with Crippen LogP contribution in [0.1, 0.15) is 39.7 Å². The predicted molar refractivity (Wildman–Crippen MR) is 162 cm³/mol. The van der Waals surface area contributed by atoms with E-state index in [0.717, 1.165) is 39.2 Å². The second-order valence-electron chi connectivity index (χ2n) is 10.3. The molecule has 0 radical (unpaired) electrons. The number of methoxy groups -OCH3 is 1. The average molecular weight is 586 g/mol. The van der Waals surface area contributed by atoms with Gasteiger partial charge in [-0.05, 0) is 73.7 Å². The molecule has 2 N–H and O–H groups in total. The van der Waals surface area contributed by atoms with Gasteiger partial charge in [-0.15, -0.1) is 0 Å². The zero-order valence-electron chi connectivity index (χ0n) is 25.0. The number of rotatable bonds is 9. The van der Waals surface area contributed by atoms with Gasteiger partial charge in [0.05, 0.1) is 25.1 Å². The lowest BCUT2D eigenvalue weighted by atomic mass is 9.97. The molecule has 2 aromatic heterocycles. The number of fused-ring (bicyclic) bond motifs is 3. The first-order valence-electron chi connectivity index (χ1n) is 14.0. The molecule has 0 saturated heterocycles. The van der Waals surface area contributed by atoms with Crippen molar-refractivity contribution in [2.75, 3.05) is 20.3 Å². The highest BCUT2D eigenvalue weighted by Gasteiger charge is 2.23. The van der Waals surface area contributed by atoms with Crippen LogP contribution in [0.25, 0.3) is 17.3 Å². The van der Waals surface area contributed by atoms with Gasteiger partial charge in [-0.3, -0.25) is 13.9 Å². The van der Waals surface area contributed by atoms with Crippen LogP contribution in [0.15, 0.2) is 46.7 Å². The van der Waals surface area contributed by atoms with Gasteiger partial charge in [-0.1, -0.05) is 23.0 Å². The Bertz CT molecular complexity index is 1820. The van der Waals surface area contributed by atoms with Crippen LogP contribution < -0.4 is 26.0 Å². The molecule has 0 saturated carbocycles. The van der Waals surface area contributed by atoms with Gasteiger partial charge in [0.1, 0.15) is 5.49 Å². The number of ether oxygens (including phenoxy) is 2. The molecule has 12 heteroatoms. The molecular weight excluding hydrogens is 550 g/mol. The van der Waals surface area contributed by atoms with Crippen molar-refractivity contribution < 1.29 is 19.4 Å². The van der Waals surface area contributed by atoms with Crippen molar-refractivity contribution in [2.45, 2.75) is 40.3 Å². The topological polar surface area (TPSA) is 138 Å². The highest BCUT2D eigenvalue weighted by molar-refractivity contribution is 5.94. The lowest BCUT2D eigenvalue weighted by Gasteiger charge is -2.25. The number of hydrogen-bond acceptors (Lipinski definition) is 8. The Morgan fingerprint density at radius 3 is 2.56 bits per heavy atom. The molecule has 0 fully saturated rings. The Labute approximate surface area is 248 Å². The fourth-order valence-electron chi connectivity index (χ4n) is 5.43. The zero-order chi connectivity index (χ0) is 30.8. The summed E-state index contributed by atoms with van der Waals surface area (Å²) < 4.78 is 15.9. The molecule has 2 aromatic carbocycles. The normalized spacial score (nSPS) is 12.4. The van der Waals surface area contributed by atoms with Crippen molar-refractivity contribution in [3.8, 4) is 28.6 Å². The van der Waals surface area contributed by atoms with E-state index in [1.165, 1.54) is 11.7 Å². The Morgan fingerprint density at radius 1 is 1.19 bits per heavy atom. The molecule has 0 spiro atoms. The van der Waals surface area contributed by atoms with Crippen LogP contribution in [-0.2, 0) is 26.6 Å². The van der Waals surface area contributed by atoms with E-state index in [2.05, 4.69) is 22.2 Å². The summed E-state index contributed by atoms with van der Waals surface area (Å²) >= 11 is 0. The van der Waals surface area contributed by atoms with Crippen LogP contribution >= 0.6 is 0 Å². The number of aryl methyl sites for hydroxylation is 4. The lowest BCUT2D eigenvalue weighted by Crippen LogP contribution is -2.44. The maximum Gasteiger partial charge on any atom is 0.330 e. The molecule has 224 valence electrons. The monoisotopic (exact) mass is 585 g/mol. The molecule has 1 amide bonds. The first-order chi connectivity index (χ1) is 20.7. The Balaban J connectivity index is 1.64. The van der Waals surface area contributed by atoms with E-state index < -0.39 is 11.8 Å². The number of nitrogens with zero attached hydrogens (tertiary/aromatic N) is 6. The standard InChI is InChI=1S/C31H35N7O5/c1-7-20-13-18(3)27(19(4)14-20)33-26-17-23-22-16-24(42-6)25(43-8-2)15-21(22)9-11-37(23)31(41)38(26)12-10-32-29(39)28-30(40)34-35-36(28)5/h7,13-17,40H,1,8-12H2,2-6H3,(H,32,39). The molecule has 1 aliphatic rings. The van der Waals surface area contributed by atoms with Gasteiger partial charge in [0.25, 0.3) is 11.8 Å². The number of nitrogens with one attached hydrogen (secondary N) is 1. The fourth-order valence-corrected chi connectivity index (χ4v) is 5.43. The van der Waals surface area contributed by atoms with Crippen LogP contribution in [0.2, 0.25) is 0 Å². The number of hydrogen-bond donors (Lipinski definition) is 2. The number of aromatic nitrogens is 5. The van der Waals surface area contributed by atoms with E-state index in [1.807, 2.05) is 51.1 Å². The van der Waals surface area contributed by atoms with Gasteiger partial charge in [0.15, 0.2) is 17.2 Å². The quantitative estimate of drug-likeness (QED) is 0.308. The number of benzene rings is 2. The minimum absolute atomic E-state index is 0.0670. The van der Waals surface area contributed by atoms with Crippen molar-refractivity contribution in [3.05, 3.63) is 80.8 Å². The second kappa shape index (κ2) is 12.0. The Kier molecular flexibility index (Phi) is 8.20. The number of carbonyl (C=O) groups is 1. The number of carbonyl (C=O) groups excluding carboxylic acids is 1. The molecule has 0 atom stereocenters. The van der Waals surface area contributed by atoms with Crippen LogP contribution in [0, 0.1) is 13.8 Å². The molecular formula is C31H35N7O5. The molecule has 4 aromatic rings. The second-order valence-corrected chi connectivity index (χ2v) is 10.3. The van der Waals surface area contributed by atoms with E-state index in [1.54, 1.807) is 22.3 Å². The Morgan fingerprint density at radius 2 is 1.93 bits per heavy atom. The van der Waals surface area contributed by atoms with Crippen LogP contribution in [-0.4, -0.2) is 55.4 Å². The van der Waals surface area contributed by atoms with E-state index in [9.17, 15) is 14.7 Å². The highest BCUT2D eigenvalue weighted by atomic mass is 16.5. The van der Waals surface area contributed by atoms with Crippen molar-refractivity contribution in [1.82, 2.24) is 29.4 Å². The van der Waals surface area contributed by atoms with Gasteiger partial charge in [0.2, 0.25) is 0 Å². The van der Waals surface area contributed by atoms with Gasteiger partial charge in [0, 0.05) is 38.3 Å². The molecule has 5 rings (SSSR count). The molecule has 0 bridgehead atoms. The molecule has 1 aliphatic heterocycles. The van der Waals surface area contributed by atoms with Gasteiger partial charge in [-0.25, -0.2) is 14.5 Å². The molecule has 0 aliphatic carbocycles. The van der Waals surface area contributed by atoms with Crippen LogP contribution in [0.5, 0.6) is 17.4 Å². The highest BCUT2D eigenvalue weighted by Crippen LogP contribution is 2.37. The zero-order valence-corrected chi connectivity index (χ0v) is 25.0. The number of aromatic hydroxyl groups is 1. The van der Waals surface area contributed by atoms with Crippen molar-refractivity contribution in [3.63, 3.8) is 0 Å². The largest absolute Gasteiger partial charge is 0.493 e. The molecule has 12 nitrogen and oxygen atoms in total. The summed E-state index contributed by atoms with van der Waals surface area (Å²) in [7, 11) is 3.10. The molecule has 0 unspecified atom stereocenters. The van der Waals surface area contributed by atoms with Crippen LogP contribution in [0.3, 0.4) is 0 Å². The maximum absolute atomic E-state index is 14.1. The molecule has 43 heavy (non-hydrogen) atoms. The van der Waals surface area contributed by atoms with Gasteiger partial charge in [-0.2, -0.15) is 0 Å². The smallest absolute Gasteiger partial charge is 0.330 e. The first kappa shape index (κ1) is 29.4. The van der Waals surface area contributed by atoms with E-state index in [0.29, 0.717) is 36.6 Å². The number of amides is 1. The summed E-state index contributed by atoms with van der Waals surface area (Å²) in [5.41, 5.74) is 6.36. The minimum Gasteiger partial charge on any atom is -0.493 e. The maximum atomic E-state index is 14.1. The van der Waals surface area contributed by atoms with Gasteiger partial charge < -0.3 is 19.9 Å². The minimum atomic E-state index is -0.556. The summed E-state index contributed by atoms with van der Waals surface area (Å²) in [5, 5.41) is 19.8. The SMILES string of the molecule is C=Cc1cc(C)c(N=c2cc3n(c(=O)n2CCNC(=O)c2c(O)nnn2C)CCc2cc(OCC)c(OC)cc2-3)c(C)c1. The lowest BCUT2D eigenvalue weighted by molar-refractivity contribution is 0.0939. The van der Waals surface area contributed by atoms with Crippen molar-refractivity contribution in [1.29, 1.82) is 0 Å². The van der Waals surface area contributed by atoms with Crippen LogP contribution in [0.4, 0.5) is 5.69 Å². The average Bonchev–Trinajstić information content (AvgIpc) is 3.33. The summed E-state index contributed by atoms with van der Waals surface area (Å²) in [6.45, 7) is 10.9. The van der Waals surface area contributed by atoms with Crippen molar-refractivity contribution >= 4 is 17.7 Å². The summed E-state index contributed by atoms with van der Waals surface area (Å²) in [4.78, 5) is 31.8. The third-order valence-electron chi connectivity index (χ3n) is 7.49. The van der Waals surface area contributed by atoms with Gasteiger partial charge >= 0.3 is 5.69 Å². The Hall–Kier alpha value is -5.13.